The van der Waals surface area contributed by atoms with Crippen LogP contribution >= 0.6 is 0 Å². The Morgan fingerprint density at radius 1 is 1.27 bits per heavy atom. The summed E-state index contributed by atoms with van der Waals surface area (Å²) >= 11 is 0. The van der Waals surface area contributed by atoms with Crippen molar-refractivity contribution in [1.82, 2.24) is 9.80 Å². The number of likely N-dealkylation sites (tertiary alicyclic amines) is 1. The number of carbonyl (C=O) groups is 2. The molecule has 3 rings (SSSR count). The molecule has 1 N–H and O–H groups in total. The van der Waals surface area contributed by atoms with Gasteiger partial charge in [-0.3, -0.25) is 9.59 Å². The highest BCUT2D eigenvalue weighted by molar-refractivity contribution is 5.83. The Morgan fingerprint density at radius 2 is 2.00 bits per heavy atom. The van der Waals surface area contributed by atoms with E-state index >= 15 is 0 Å². The number of piperazine rings is 1. The molecule has 0 aromatic heterocycles. The lowest BCUT2D eigenvalue weighted by molar-refractivity contribution is -0.136. The fourth-order valence-electron chi connectivity index (χ4n) is 3.85. The largest absolute Gasteiger partial charge is 0.358 e. The van der Waals surface area contributed by atoms with Crippen LogP contribution in [-0.2, 0) is 16.0 Å². The second-order valence-electron chi connectivity index (χ2n) is 6.90. The Kier molecular flexibility index (Phi) is 5.54. The highest BCUT2D eigenvalue weighted by atomic mass is 19.1. The molecule has 26 heavy (non-hydrogen) atoms. The average molecular weight is 360 g/mol. The van der Waals surface area contributed by atoms with Crippen molar-refractivity contribution in [3.8, 4) is 0 Å². The van der Waals surface area contributed by atoms with Crippen LogP contribution in [0.5, 0.6) is 0 Å². The number of amides is 2. The first-order valence-corrected chi connectivity index (χ1v) is 9.07. The smallest absolute Gasteiger partial charge is 0.242 e. The fourth-order valence-corrected chi connectivity index (χ4v) is 3.85. The molecule has 2 fully saturated rings. The van der Waals surface area contributed by atoms with Crippen molar-refractivity contribution in [2.24, 2.45) is 0 Å². The number of benzene rings is 1. The Labute approximate surface area is 153 Å². The summed E-state index contributed by atoms with van der Waals surface area (Å²) in [5, 5.41) is 7.17. The van der Waals surface area contributed by atoms with Crippen molar-refractivity contribution in [2.45, 2.75) is 32.2 Å². The maximum Gasteiger partial charge on any atom is 0.242 e. The summed E-state index contributed by atoms with van der Waals surface area (Å²) in [6.45, 7) is 4.27. The Bertz CT molecular complexity index is 701. The van der Waals surface area contributed by atoms with Crippen LogP contribution in [0, 0.1) is 11.2 Å². The molecule has 0 aliphatic carbocycles. The summed E-state index contributed by atoms with van der Waals surface area (Å²) in [6, 6.07) is 5.29. The molecule has 2 saturated heterocycles. The van der Waals surface area contributed by atoms with Gasteiger partial charge in [-0.15, -0.1) is 0 Å². The molecular formula is C19H25FN4O2. The lowest BCUT2D eigenvalue weighted by Crippen LogP contribution is -2.56. The van der Waals surface area contributed by atoms with Gasteiger partial charge >= 0.3 is 0 Å². The van der Waals surface area contributed by atoms with E-state index in [0.29, 0.717) is 37.4 Å². The van der Waals surface area contributed by atoms with Gasteiger partial charge < -0.3 is 20.1 Å². The number of piperidine rings is 1. The molecular weight excluding hydrogens is 335 g/mol. The lowest BCUT2D eigenvalue weighted by Gasteiger charge is -2.43. The summed E-state index contributed by atoms with van der Waals surface area (Å²) in [6.07, 6.45) is 3.03. The third kappa shape index (κ3) is 3.71. The summed E-state index contributed by atoms with van der Waals surface area (Å²) in [5.41, 5.74) is 0.910. The minimum atomic E-state index is -0.341. The third-order valence-corrected chi connectivity index (χ3v) is 5.33. The number of nitrogens with zero attached hydrogens (tertiary/aromatic N) is 3. The van der Waals surface area contributed by atoms with Crippen LogP contribution in [0.25, 0.3) is 0 Å². The zero-order chi connectivity index (χ0) is 18.7. The van der Waals surface area contributed by atoms with Gasteiger partial charge in [0.2, 0.25) is 11.8 Å². The van der Waals surface area contributed by atoms with Crippen LogP contribution < -0.4 is 4.90 Å². The van der Waals surface area contributed by atoms with Crippen molar-refractivity contribution < 1.29 is 14.0 Å². The molecule has 0 unspecified atom stereocenters. The number of carbonyl (C=O) groups excluding carboxylic acids is 2. The molecule has 2 amide bonds. The maximum absolute atomic E-state index is 14.6. The first kappa shape index (κ1) is 18.4. The van der Waals surface area contributed by atoms with Crippen LogP contribution in [0.3, 0.4) is 0 Å². The van der Waals surface area contributed by atoms with E-state index in [4.69, 9.17) is 5.41 Å². The van der Waals surface area contributed by atoms with Gasteiger partial charge in [-0.2, -0.15) is 0 Å². The highest BCUT2D eigenvalue weighted by Crippen LogP contribution is 2.26. The molecule has 0 spiro atoms. The number of rotatable bonds is 4. The van der Waals surface area contributed by atoms with Crippen LogP contribution in [0.1, 0.15) is 25.3 Å². The number of halogens is 1. The van der Waals surface area contributed by atoms with Gasteiger partial charge in [-0.05, 0) is 30.7 Å². The Hall–Kier alpha value is -2.44. The van der Waals surface area contributed by atoms with E-state index in [-0.39, 0.29) is 36.6 Å². The summed E-state index contributed by atoms with van der Waals surface area (Å²) in [5.74, 6) is -0.249. The van der Waals surface area contributed by atoms with E-state index in [0.717, 1.165) is 12.8 Å². The number of hydrogen-bond acceptors (Lipinski definition) is 4. The zero-order valence-corrected chi connectivity index (χ0v) is 15.1. The second-order valence-corrected chi connectivity index (χ2v) is 6.90. The second kappa shape index (κ2) is 7.85. The molecule has 2 aliphatic heterocycles. The standard InChI is InChI=1S/C19H25FN4O2/c1-14(25)22-9-6-16(7-10-22)24-12-11-23(13-18(24)26)17-4-2-3-15(5-8-21)19(17)20/h2-4,8,16,21H,5-7,9-13H2,1H3. The van der Waals surface area contributed by atoms with Crippen LogP contribution in [0.15, 0.2) is 18.2 Å². The van der Waals surface area contributed by atoms with E-state index in [1.54, 1.807) is 30.0 Å². The van der Waals surface area contributed by atoms with Gasteiger partial charge in [-0.25, -0.2) is 4.39 Å². The molecule has 7 heteroatoms. The van der Waals surface area contributed by atoms with E-state index in [1.807, 2.05) is 9.80 Å². The molecule has 1 aromatic rings. The quantitative estimate of drug-likeness (QED) is 0.831. The normalized spacial score (nSPS) is 19.0. The van der Waals surface area contributed by atoms with Gasteiger partial charge in [0, 0.05) is 45.6 Å². The van der Waals surface area contributed by atoms with Crippen LogP contribution in [0.2, 0.25) is 0 Å². The van der Waals surface area contributed by atoms with Crippen molar-refractivity contribution in [3.63, 3.8) is 0 Å². The van der Waals surface area contributed by atoms with Crippen LogP contribution in [0.4, 0.5) is 10.1 Å². The van der Waals surface area contributed by atoms with Crippen molar-refractivity contribution in [1.29, 1.82) is 5.41 Å². The molecule has 2 aliphatic rings. The molecule has 0 radical (unpaired) electrons. The lowest BCUT2D eigenvalue weighted by atomic mass is 10.0. The minimum Gasteiger partial charge on any atom is -0.358 e. The first-order chi connectivity index (χ1) is 12.5. The third-order valence-electron chi connectivity index (χ3n) is 5.33. The van der Waals surface area contributed by atoms with Gasteiger partial charge in [0.05, 0.1) is 12.2 Å². The minimum absolute atomic E-state index is 0.00869. The highest BCUT2D eigenvalue weighted by Gasteiger charge is 2.33. The Morgan fingerprint density at radius 3 is 2.62 bits per heavy atom. The molecule has 0 saturated carbocycles. The molecule has 0 atom stereocenters. The van der Waals surface area contributed by atoms with E-state index in [1.165, 1.54) is 6.21 Å². The molecule has 1 aromatic carbocycles. The topological polar surface area (TPSA) is 67.7 Å². The number of nitrogens with one attached hydrogen (secondary N) is 1. The van der Waals surface area contributed by atoms with E-state index < -0.39 is 0 Å². The predicted molar refractivity (Wildman–Crippen MR) is 98.1 cm³/mol. The maximum atomic E-state index is 14.6. The van der Waals surface area contributed by atoms with E-state index in [2.05, 4.69) is 0 Å². The monoisotopic (exact) mass is 360 g/mol. The summed E-state index contributed by atoms with van der Waals surface area (Å²) in [7, 11) is 0. The zero-order valence-electron chi connectivity index (χ0n) is 15.1. The average Bonchev–Trinajstić information content (AvgIpc) is 2.64. The molecule has 2 heterocycles. The molecule has 6 nitrogen and oxygen atoms in total. The number of hydrogen-bond donors (Lipinski definition) is 1. The van der Waals surface area contributed by atoms with E-state index in [9.17, 15) is 14.0 Å². The number of anilines is 1. The van der Waals surface area contributed by atoms with Gasteiger partial charge in [0.15, 0.2) is 0 Å². The first-order valence-electron chi connectivity index (χ1n) is 9.07. The van der Waals surface area contributed by atoms with Gasteiger partial charge in [-0.1, -0.05) is 12.1 Å². The molecule has 140 valence electrons. The van der Waals surface area contributed by atoms with Crippen molar-refractivity contribution in [2.75, 3.05) is 37.6 Å². The Balaban J connectivity index is 1.64. The fraction of sp³-hybridized carbons (Fsp3) is 0.526. The predicted octanol–water partition coefficient (Wildman–Crippen LogP) is 1.68. The van der Waals surface area contributed by atoms with Gasteiger partial charge in [0.1, 0.15) is 5.82 Å². The van der Waals surface area contributed by atoms with Crippen LogP contribution in [-0.4, -0.2) is 66.6 Å². The van der Waals surface area contributed by atoms with Gasteiger partial charge in [0.25, 0.3) is 0 Å². The van der Waals surface area contributed by atoms with Crippen molar-refractivity contribution in [3.05, 3.63) is 29.6 Å². The summed E-state index contributed by atoms with van der Waals surface area (Å²) in [4.78, 5) is 29.6. The molecule has 0 bridgehead atoms. The summed E-state index contributed by atoms with van der Waals surface area (Å²) < 4.78 is 14.6. The van der Waals surface area contributed by atoms with Crippen molar-refractivity contribution >= 4 is 23.7 Å². The SMILES string of the molecule is CC(=O)N1CCC(N2CCN(c3cccc(CC=N)c3F)CC2=O)CC1.